The Balaban J connectivity index is 0.000000232. The van der Waals surface area contributed by atoms with Gasteiger partial charge in [0.2, 0.25) is 11.8 Å². The minimum atomic E-state index is -0.249. The van der Waals surface area contributed by atoms with Gasteiger partial charge in [0.1, 0.15) is 23.3 Å². The second-order valence-electron chi connectivity index (χ2n) is 13.9. The SMILES string of the molecule is Cc1nc(OCCCCCN2CCCCC2)cc(-c2ccc(F)cc2)n1.Cc1nc(OCCCCCN2CCCCC2)cc(-c2ccc(F)cc2)n1.O. The monoisotopic (exact) mass is 732 g/mol. The van der Waals surface area contributed by atoms with E-state index in [1.807, 2.05) is 26.0 Å². The number of benzene rings is 2. The molecule has 2 aromatic heterocycles. The maximum absolute atomic E-state index is 13.1. The normalized spacial score (nSPS) is 14.9. The van der Waals surface area contributed by atoms with Gasteiger partial charge in [-0.05, 0) is 166 Å². The maximum Gasteiger partial charge on any atom is 0.217 e. The number of nitrogens with zero attached hydrogens (tertiary/aromatic N) is 6. The number of hydrogen-bond acceptors (Lipinski definition) is 8. The van der Waals surface area contributed by atoms with Crippen molar-refractivity contribution < 1.29 is 23.7 Å². The van der Waals surface area contributed by atoms with Gasteiger partial charge in [-0.3, -0.25) is 0 Å². The molecule has 0 unspecified atom stereocenters. The average Bonchev–Trinajstić information content (AvgIpc) is 3.16. The highest BCUT2D eigenvalue weighted by molar-refractivity contribution is 5.60. The number of rotatable bonds is 16. The first-order chi connectivity index (χ1) is 25.4. The summed E-state index contributed by atoms with van der Waals surface area (Å²) in [5.41, 5.74) is 3.25. The van der Waals surface area contributed by atoms with Gasteiger partial charge in [-0.15, -0.1) is 0 Å². The quantitative estimate of drug-likeness (QED) is 0.106. The maximum atomic E-state index is 13.1. The Labute approximate surface area is 314 Å². The molecule has 2 fully saturated rings. The van der Waals surface area contributed by atoms with Gasteiger partial charge in [0.05, 0.1) is 24.6 Å². The first-order valence-corrected chi connectivity index (χ1v) is 19.3. The molecule has 4 heterocycles. The van der Waals surface area contributed by atoms with Crippen LogP contribution in [0, 0.1) is 25.5 Å². The second kappa shape index (κ2) is 22.9. The molecule has 2 aliphatic heterocycles. The van der Waals surface area contributed by atoms with Crippen molar-refractivity contribution in [2.75, 3.05) is 52.5 Å². The van der Waals surface area contributed by atoms with E-state index < -0.39 is 0 Å². The van der Waals surface area contributed by atoms with Crippen molar-refractivity contribution >= 4 is 0 Å². The Morgan fingerprint density at radius 1 is 0.509 bits per heavy atom. The average molecular weight is 733 g/mol. The number of aromatic nitrogens is 4. The predicted octanol–water partition coefficient (Wildman–Crippen LogP) is 8.43. The number of aryl methyl sites for hydroxylation is 2. The van der Waals surface area contributed by atoms with Crippen LogP contribution in [0.25, 0.3) is 22.5 Å². The van der Waals surface area contributed by atoms with Crippen molar-refractivity contribution in [3.63, 3.8) is 0 Å². The van der Waals surface area contributed by atoms with Crippen LogP contribution in [0.15, 0.2) is 60.7 Å². The third-order valence-corrected chi connectivity index (χ3v) is 9.54. The van der Waals surface area contributed by atoms with E-state index in [2.05, 4.69) is 29.7 Å². The van der Waals surface area contributed by atoms with E-state index in [1.165, 1.54) is 128 Å². The smallest absolute Gasteiger partial charge is 0.217 e. The van der Waals surface area contributed by atoms with Gasteiger partial charge in [0.25, 0.3) is 0 Å². The molecular weight excluding hydrogens is 674 g/mol. The van der Waals surface area contributed by atoms with Crippen LogP contribution in [0.1, 0.15) is 88.7 Å². The molecule has 0 atom stereocenters. The molecule has 53 heavy (non-hydrogen) atoms. The van der Waals surface area contributed by atoms with Gasteiger partial charge in [-0.25, -0.2) is 18.7 Å². The fourth-order valence-corrected chi connectivity index (χ4v) is 6.71. The summed E-state index contributed by atoms with van der Waals surface area (Å²) in [4.78, 5) is 22.7. The van der Waals surface area contributed by atoms with Gasteiger partial charge < -0.3 is 24.7 Å². The molecule has 2 aliphatic rings. The predicted molar refractivity (Wildman–Crippen MR) is 207 cm³/mol. The molecule has 2 saturated heterocycles. The first-order valence-electron chi connectivity index (χ1n) is 19.3. The number of hydrogen-bond donors (Lipinski definition) is 0. The summed E-state index contributed by atoms with van der Waals surface area (Å²) in [5.74, 6) is 2.00. The number of halogens is 2. The zero-order valence-corrected chi connectivity index (χ0v) is 31.7. The van der Waals surface area contributed by atoms with Crippen LogP contribution in [0.2, 0.25) is 0 Å². The Hall–Kier alpha value is -4.06. The zero-order chi connectivity index (χ0) is 36.4. The molecule has 0 saturated carbocycles. The largest absolute Gasteiger partial charge is 0.478 e. The van der Waals surface area contributed by atoms with E-state index in [-0.39, 0.29) is 17.1 Å². The number of unbranched alkanes of at least 4 members (excludes halogenated alkanes) is 4. The van der Waals surface area contributed by atoms with E-state index >= 15 is 0 Å². The minimum Gasteiger partial charge on any atom is -0.478 e. The van der Waals surface area contributed by atoms with E-state index in [9.17, 15) is 8.78 Å². The molecule has 11 heteroatoms. The van der Waals surface area contributed by atoms with Crippen molar-refractivity contribution in [2.24, 2.45) is 0 Å². The molecule has 288 valence electrons. The van der Waals surface area contributed by atoms with Crippen molar-refractivity contribution in [1.82, 2.24) is 29.7 Å². The van der Waals surface area contributed by atoms with Crippen LogP contribution in [0.4, 0.5) is 8.78 Å². The summed E-state index contributed by atoms with van der Waals surface area (Å²) >= 11 is 0. The molecule has 0 amide bonds. The van der Waals surface area contributed by atoms with Crippen molar-refractivity contribution in [3.8, 4) is 34.3 Å². The van der Waals surface area contributed by atoms with Gasteiger partial charge >= 0.3 is 0 Å². The standard InChI is InChI=1S/2C21H28FN3O.H2O/c2*1-17-23-20(18-8-10-19(22)11-9-18)16-21(24-17)26-15-7-3-6-14-25-12-4-2-5-13-25;/h2*8-11,16H,2-7,12-15H2,1H3;1H2. The Kier molecular flexibility index (Phi) is 18.0. The molecule has 9 nitrogen and oxygen atoms in total. The summed E-state index contributed by atoms with van der Waals surface area (Å²) in [6.07, 6.45) is 15.1. The Morgan fingerprint density at radius 2 is 0.887 bits per heavy atom. The molecule has 0 radical (unpaired) electrons. The van der Waals surface area contributed by atoms with Crippen LogP contribution in [0.5, 0.6) is 11.8 Å². The van der Waals surface area contributed by atoms with E-state index in [0.29, 0.717) is 36.6 Å². The molecule has 0 aliphatic carbocycles. The van der Waals surface area contributed by atoms with Gasteiger partial charge in [0, 0.05) is 23.3 Å². The van der Waals surface area contributed by atoms with Crippen LogP contribution < -0.4 is 9.47 Å². The third kappa shape index (κ3) is 15.1. The highest BCUT2D eigenvalue weighted by Crippen LogP contribution is 2.23. The van der Waals surface area contributed by atoms with Gasteiger partial charge in [-0.2, -0.15) is 9.97 Å². The molecule has 4 aromatic rings. The Bertz CT molecular complexity index is 1490. The van der Waals surface area contributed by atoms with Gasteiger partial charge in [-0.1, -0.05) is 12.8 Å². The highest BCUT2D eigenvalue weighted by Gasteiger charge is 2.11. The molecule has 2 N–H and O–H groups in total. The summed E-state index contributed by atoms with van der Waals surface area (Å²) in [6, 6.07) is 16.3. The van der Waals surface area contributed by atoms with Crippen molar-refractivity contribution in [3.05, 3.63) is 83.9 Å². The summed E-state index contributed by atoms with van der Waals surface area (Å²) in [6.45, 7) is 12.5. The van der Waals surface area contributed by atoms with E-state index in [4.69, 9.17) is 9.47 Å². The van der Waals surface area contributed by atoms with Crippen molar-refractivity contribution in [2.45, 2.75) is 90.9 Å². The number of ether oxygens (including phenoxy) is 2. The Morgan fingerprint density at radius 3 is 1.26 bits per heavy atom. The number of likely N-dealkylation sites (tertiary alicyclic amines) is 2. The lowest BCUT2D eigenvalue weighted by Crippen LogP contribution is -2.30. The molecule has 0 spiro atoms. The third-order valence-electron chi connectivity index (χ3n) is 9.54. The first kappa shape index (κ1) is 41.7. The van der Waals surface area contributed by atoms with E-state index in [0.717, 1.165) is 35.4 Å². The molecule has 2 aromatic carbocycles. The molecular formula is C42H58F2N6O3. The molecule has 6 rings (SSSR count). The van der Waals surface area contributed by atoms with E-state index in [1.54, 1.807) is 24.3 Å². The number of piperidine rings is 2. The van der Waals surface area contributed by atoms with Crippen molar-refractivity contribution in [1.29, 1.82) is 0 Å². The summed E-state index contributed by atoms with van der Waals surface area (Å²) < 4.78 is 37.8. The lowest BCUT2D eigenvalue weighted by molar-refractivity contribution is 0.220. The van der Waals surface area contributed by atoms with Gasteiger partial charge in [0.15, 0.2) is 0 Å². The topological polar surface area (TPSA) is 108 Å². The van der Waals surface area contributed by atoms with Crippen LogP contribution in [-0.4, -0.2) is 87.7 Å². The van der Waals surface area contributed by atoms with Crippen LogP contribution in [0.3, 0.4) is 0 Å². The fraction of sp³-hybridized carbons (Fsp3) is 0.524. The summed E-state index contributed by atoms with van der Waals surface area (Å²) in [7, 11) is 0. The summed E-state index contributed by atoms with van der Waals surface area (Å²) in [5, 5.41) is 0. The zero-order valence-electron chi connectivity index (χ0n) is 31.7. The van der Waals surface area contributed by atoms with Crippen LogP contribution in [-0.2, 0) is 0 Å². The molecule has 0 bridgehead atoms. The lowest BCUT2D eigenvalue weighted by Gasteiger charge is -2.26. The minimum absolute atomic E-state index is 0. The fourth-order valence-electron chi connectivity index (χ4n) is 6.71. The second-order valence-corrected chi connectivity index (χ2v) is 13.9. The highest BCUT2D eigenvalue weighted by atomic mass is 19.1. The lowest BCUT2D eigenvalue weighted by atomic mass is 10.1. The van der Waals surface area contributed by atoms with Crippen LogP contribution >= 0.6 is 0 Å².